The molecule has 0 heterocycles. The Kier molecular flexibility index (Phi) is 6.12. The van der Waals surface area contributed by atoms with Crippen molar-refractivity contribution in [2.45, 2.75) is 45.6 Å². The van der Waals surface area contributed by atoms with E-state index in [0.29, 0.717) is 12.0 Å². The van der Waals surface area contributed by atoms with Crippen molar-refractivity contribution >= 4 is 0 Å². The summed E-state index contributed by atoms with van der Waals surface area (Å²) in [5.41, 5.74) is 4.29. The van der Waals surface area contributed by atoms with Gasteiger partial charge in [-0.3, -0.25) is 11.3 Å². The van der Waals surface area contributed by atoms with Crippen molar-refractivity contribution < 1.29 is 0 Å². The molecule has 0 saturated carbocycles. The SMILES string of the molecule is CCCC(CCC)C(NN)c1ccccc1. The number of rotatable bonds is 7. The highest BCUT2D eigenvalue weighted by Gasteiger charge is 2.20. The third-order valence-corrected chi connectivity index (χ3v) is 3.13. The molecular weight excluding hydrogens is 196 g/mol. The van der Waals surface area contributed by atoms with Gasteiger partial charge in [0.25, 0.3) is 0 Å². The van der Waals surface area contributed by atoms with Crippen molar-refractivity contribution in [2.24, 2.45) is 11.8 Å². The van der Waals surface area contributed by atoms with Crippen LogP contribution in [-0.4, -0.2) is 0 Å². The van der Waals surface area contributed by atoms with Crippen LogP contribution in [0.15, 0.2) is 30.3 Å². The normalized spacial score (nSPS) is 13.0. The first kappa shape index (κ1) is 13.2. The second kappa shape index (κ2) is 7.42. The van der Waals surface area contributed by atoms with Crippen LogP contribution in [0.25, 0.3) is 0 Å². The van der Waals surface area contributed by atoms with E-state index in [1.807, 2.05) is 6.07 Å². The zero-order chi connectivity index (χ0) is 11.8. The van der Waals surface area contributed by atoms with Gasteiger partial charge in [0.15, 0.2) is 0 Å². The Labute approximate surface area is 99.2 Å². The monoisotopic (exact) mass is 220 g/mol. The van der Waals surface area contributed by atoms with Crippen molar-refractivity contribution in [3.63, 3.8) is 0 Å². The number of benzene rings is 1. The van der Waals surface area contributed by atoms with Crippen LogP contribution in [0.2, 0.25) is 0 Å². The van der Waals surface area contributed by atoms with Gasteiger partial charge in [0.1, 0.15) is 0 Å². The van der Waals surface area contributed by atoms with E-state index in [-0.39, 0.29) is 0 Å². The smallest absolute Gasteiger partial charge is 0.0488 e. The third-order valence-electron chi connectivity index (χ3n) is 3.13. The number of nitrogens with two attached hydrogens (primary N) is 1. The van der Waals surface area contributed by atoms with E-state index >= 15 is 0 Å². The van der Waals surface area contributed by atoms with E-state index in [0.717, 1.165) is 0 Å². The molecule has 16 heavy (non-hydrogen) atoms. The zero-order valence-electron chi connectivity index (χ0n) is 10.4. The van der Waals surface area contributed by atoms with Crippen molar-refractivity contribution in [1.82, 2.24) is 5.43 Å². The summed E-state index contributed by atoms with van der Waals surface area (Å²) in [6.45, 7) is 4.47. The van der Waals surface area contributed by atoms with Gasteiger partial charge in [-0.25, -0.2) is 0 Å². The van der Waals surface area contributed by atoms with Crippen LogP contribution in [-0.2, 0) is 0 Å². The largest absolute Gasteiger partial charge is 0.271 e. The number of hydrogen-bond donors (Lipinski definition) is 2. The molecule has 0 amide bonds. The lowest BCUT2D eigenvalue weighted by Crippen LogP contribution is -2.33. The van der Waals surface area contributed by atoms with Gasteiger partial charge in [0.2, 0.25) is 0 Å². The Hall–Kier alpha value is -0.860. The molecule has 2 heteroatoms. The molecule has 0 bridgehead atoms. The molecule has 0 radical (unpaired) electrons. The summed E-state index contributed by atoms with van der Waals surface area (Å²) in [6, 6.07) is 10.8. The summed E-state index contributed by atoms with van der Waals surface area (Å²) >= 11 is 0. The Morgan fingerprint density at radius 1 is 1.06 bits per heavy atom. The maximum Gasteiger partial charge on any atom is 0.0488 e. The third kappa shape index (κ3) is 3.62. The minimum atomic E-state index is 0.293. The van der Waals surface area contributed by atoms with Crippen LogP contribution in [0.5, 0.6) is 0 Å². The van der Waals surface area contributed by atoms with Crippen LogP contribution in [0, 0.1) is 5.92 Å². The molecule has 0 saturated heterocycles. The highest BCUT2D eigenvalue weighted by atomic mass is 15.2. The average molecular weight is 220 g/mol. The highest BCUT2D eigenvalue weighted by Crippen LogP contribution is 2.28. The van der Waals surface area contributed by atoms with Crippen molar-refractivity contribution in [3.05, 3.63) is 35.9 Å². The zero-order valence-corrected chi connectivity index (χ0v) is 10.4. The number of hydrazine groups is 1. The minimum Gasteiger partial charge on any atom is -0.271 e. The summed E-state index contributed by atoms with van der Waals surface area (Å²) in [5, 5.41) is 0. The van der Waals surface area contributed by atoms with Crippen LogP contribution in [0.4, 0.5) is 0 Å². The Bertz CT molecular complexity index is 265. The standard InChI is InChI=1S/C14H24N2/c1-3-8-12(9-4-2)14(16-15)13-10-6-5-7-11-13/h5-7,10-12,14,16H,3-4,8-9,15H2,1-2H3. The molecule has 0 aromatic heterocycles. The number of hydrogen-bond acceptors (Lipinski definition) is 2. The quantitative estimate of drug-likeness (QED) is 0.546. The van der Waals surface area contributed by atoms with Gasteiger partial charge >= 0.3 is 0 Å². The van der Waals surface area contributed by atoms with Crippen molar-refractivity contribution in [3.8, 4) is 0 Å². The van der Waals surface area contributed by atoms with E-state index in [2.05, 4.69) is 43.5 Å². The fraction of sp³-hybridized carbons (Fsp3) is 0.571. The van der Waals surface area contributed by atoms with Crippen LogP contribution < -0.4 is 11.3 Å². The molecule has 1 rings (SSSR count). The fourth-order valence-electron chi connectivity index (χ4n) is 2.38. The molecule has 0 aliphatic heterocycles. The van der Waals surface area contributed by atoms with Gasteiger partial charge in [-0.2, -0.15) is 0 Å². The average Bonchev–Trinajstić information content (AvgIpc) is 2.32. The molecule has 1 aromatic rings. The summed E-state index contributed by atoms with van der Waals surface area (Å²) in [4.78, 5) is 0. The van der Waals surface area contributed by atoms with E-state index in [1.165, 1.54) is 31.2 Å². The molecule has 1 aromatic carbocycles. The molecule has 0 fully saturated rings. The number of nitrogens with one attached hydrogen (secondary N) is 1. The lowest BCUT2D eigenvalue weighted by Gasteiger charge is -2.26. The fourth-order valence-corrected chi connectivity index (χ4v) is 2.38. The van der Waals surface area contributed by atoms with Crippen LogP contribution in [0.1, 0.15) is 51.1 Å². The predicted octanol–water partition coefficient (Wildman–Crippen LogP) is 3.41. The molecule has 2 nitrogen and oxygen atoms in total. The minimum absolute atomic E-state index is 0.293. The molecule has 1 atom stereocenters. The van der Waals surface area contributed by atoms with Crippen molar-refractivity contribution in [1.29, 1.82) is 0 Å². The van der Waals surface area contributed by atoms with E-state index in [4.69, 9.17) is 5.84 Å². The van der Waals surface area contributed by atoms with E-state index < -0.39 is 0 Å². The molecule has 1 unspecified atom stereocenters. The van der Waals surface area contributed by atoms with Crippen LogP contribution >= 0.6 is 0 Å². The molecular formula is C14H24N2. The van der Waals surface area contributed by atoms with E-state index in [1.54, 1.807) is 0 Å². The van der Waals surface area contributed by atoms with Gasteiger partial charge < -0.3 is 0 Å². The van der Waals surface area contributed by atoms with Gasteiger partial charge in [-0.15, -0.1) is 0 Å². The Morgan fingerprint density at radius 3 is 2.06 bits per heavy atom. The highest BCUT2D eigenvalue weighted by molar-refractivity contribution is 5.19. The summed E-state index contributed by atoms with van der Waals surface area (Å²) in [7, 11) is 0. The molecule has 0 aliphatic carbocycles. The van der Waals surface area contributed by atoms with Gasteiger partial charge in [0.05, 0.1) is 0 Å². The van der Waals surface area contributed by atoms with Crippen LogP contribution in [0.3, 0.4) is 0 Å². The van der Waals surface area contributed by atoms with Gasteiger partial charge in [-0.1, -0.05) is 57.0 Å². The van der Waals surface area contributed by atoms with Gasteiger partial charge in [-0.05, 0) is 24.3 Å². The van der Waals surface area contributed by atoms with Crippen molar-refractivity contribution in [2.75, 3.05) is 0 Å². The lowest BCUT2D eigenvalue weighted by atomic mass is 9.86. The Balaban J connectivity index is 2.77. The summed E-state index contributed by atoms with van der Waals surface area (Å²) in [6.07, 6.45) is 4.90. The predicted molar refractivity (Wildman–Crippen MR) is 69.8 cm³/mol. The maximum absolute atomic E-state index is 5.72. The summed E-state index contributed by atoms with van der Waals surface area (Å²) < 4.78 is 0. The first-order chi connectivity index (χ1) is 7.83. The molecule has 0 aliphatic rings. The Morgan fingerprint density at radius 2 is 1.62 bits per heavy atom. The second-order valence-electron chi connectivity index (χ2n) is 4.39. The summed E-state index contributed by atoms with van der Waals surface area (Å²) in [5.74, 6) is 6.36. The maximum atomic E-state index is 5.72. The first-order valence-corrected chi connectivity index (χ1v) is 6.34. The van der Waals surface area contributed by atoms with E-state index in [9.17, 15) is 0 Å². The lowest BCUT2D eigenvalue weighted by molar-refractivity contribution is 0.319. The first-order valence-electron chi connectivity index (χ1n) is 6.34. The van der Waals surface area contributed by atoms with Gasteiger partial charge in [0, 0.05) is 6.04 Å². The topological polar surface area (TPSA) is 38.0 Å². The molecule has 0 spiro atoms. The molecule has 3 N–H and O–H groups in total. The second-order valence-corrected chi connectivity index (χ2v) is 4.39. The molecule has 90 valence electrons.